The van der Waals surface area contributed by atoms with Crippen molar-refractivity contribution < 1.29 is 113 Å². The smallest absolute Gasteiger partial charge is 0.408 e. The van der Waals surface area contributed by atoms with Gasteiger partial charge in [-0.15, -0.1) is 0 Å². The van der Waals surface area contributed by atoms with E-state index in [2.05, 4.69) is 98.1 Å². The molecule has 1 aliphatic carbocycles. The van der Waals surface area contributed by atoms with Gasteiger partial charge in [0.15, 0.2) is 11.9 Å². The summed E-state index contributed by atoms with van der Waals surface area (Å²) in [6.45, 7) is 16.0. The number of esters is 2. The number of alkyl carbamates (subject to hydrolysis) is 1. The summed E-state index contributed by atoms with van der Waals surface area (Å²) < 4.78 is 91.8. The van der Waals surface area contributed by atoms with Crippen molar-refractivity contribution in [3.05, 3.63) is 167 Å². The predicted molar refractivity (Wildman–Crippen MR) is 514 cm³/mol. The van der Waals surface area contributed by atoms with Crippen LogP contribution < -0.4 is 77.4 Å². The van der Waals surface area contributed by atoms with Gasteiger partial charge < -0.3 is 102 Å². The van der Waals surface area contributed by atoms with Gasteiger partial charge in [0.1, 0.15) is 59.0 Å². The van der Waals surface area contributed by atoms with Crippen molar-refractivity contribution >= 4 is 131 Å². The number of amides is 9. The van der Waals surface area contributed by atoms with E-state index in [1.54, 1.807) is 155 Å². The monoisotopic (exact) mass is 1990 g/mol. The number of imidazole rings is 2. The number of aromatic amines is 2. The molecule has 1 saturated carbocycles. The van der Waals surface area contributed by atoms with Gasteiger partial charge in [-0.2, -0.15) is 19.6 Å². The van der Waals surface area contributed by atoms with Crippen LogP contribution in [0.4, 0.5) is 16.7 Å². The number of ether oxygens (including phenoxy) is 5. The SMILES string of the molecule is Cc1cc(OCCCC(=O)NCCNC(=O)C(CCC(=O)NCCNC(=O)CCCOc2cc(C)c(S(=O)(=O)N[C@@H](CNC(=O)c3ccc4c(cnn4CCCNc4ncc[nH]4)c3)C(=O)O)c(C)c2)NC(=O)[C@H](CCC(=O)OC(C)(C)C)NC(=O)C2(NC(=O)OCc3ccccc3)CC2CC(=O)OC(C)(C)C)cc(C)c1S(=O)(=O)NC(CNC(=O)c1ccc2c(cnn2CCCNc2ncc[nH]2)c1)C(=O)O. The molecule has 4 heterocycles. The van der Waals surface area contributed by atoms with Crippen LogP contribution in [0.1, 0.15) is 167 Å². The Hall–Kier alpha value is -14.6. The number of rotatable bonds is 56. The molecule has 6 atom stereocenters. The first-order valence-corrected chi connectivity index (χ1v) is 48.9. The van der Waals surface area contributed by atoms with Crippen LogP contribution in [0.5, 0.6) is 11.5 Å². The average molecular weight is 2000 g/mol. The first-order chi connectivity index (χ1) is 66.9. The number of aryl methyl sites for hydroxylation is 6. The van der Waals surface area contributed by atoms with Crippen LogP contribution in [-0.4, -0.2) is 250 Å². The topological polar surface area (TPSA) is 626 Å². The van der Waals surface area contributed by atoms with E-state index in [0.717, 1.165) is 11.0 Å². The number of hydrogen-bond acceptors (Lipinski definition) is 28. The van der Waals surface area contributed by atoms with Crippen molar-refractivity contribution in [1.29, 1.82) is 0 Å². The third-order valence-electron chi connectivity index (χ3n) is 22.0. The quantitative estimate of drug-likeness (QED) is 0.0133. The molecule has 0 spiro atoms. The van der Waals surface area contributed by atoms with Crippen LogP contribution in [0.25, 0.3) is 21.8 Å². The summed E-state index contributed by atoms with van der Waals surface area (Å²) in [4.78, 5) is 189. The number of carbonyl (C=O) groups excluding carboxylic acids is 11. The lowest BCUT2D eigenvalue weighted by molar-refractivity contribution is -0.156. The molecule has 1 aliphatic rings. The summed E-state index contributed by atoms with van der Waals surface area (Å²) in [6, 6.07) is 17.2. The molecule has 141 heavy (non-hydrogen) atoms. The molecule has 45 nitrogen and oxygen atoms in total. The van der Waals surface area contributed by atoms with Gasteiger partial charge in [-0.25, -0.2) is 31.6 Å². The van der Waals surface area contributed by atoms with E-state index in [1.807, 2.05) is 0 Å². The van der Waals surface area contributed by atoms with E-state index in [0.29, 0.717) is 67.3 Å². The minimum absolute atomic E-state index is 0.0126. The average Bonchev–Trinajstić information content (AvgIpc) is 1.58. The molecule has 5 aromatic carbocycles. The number of hydrogen-bond donors (Lipinski definition) is 17. The number of sulfonamides is 2. The Labute approximate surface area is 814 Å². The van der Waals surface area contributed by atoms with Crippen molar-refractivity contribution in [2.45, 2.75) is 217 Å². The molecule has 17 N–H and O–H groups in total. The second-order valence-corrected chi connectivity index (χ2v) is 39.1. The van der Waals surface area contributed by atoms with Crippen LogP contribution in [0.15, 0.2) is 138 Å². The van der Waals surface area contributed by atoms with Gasteiger partial charge >= 0.3 is 30.0 Å². The zero-order valence-electron chi connectivity index (χ0n) is 80.1. The van der Waals surface area contributed by atoms with Gasteiger partial charge in [0.05, 0.1) is 52.9 Å². The summed E-state index contributed by atoms with van der Waals surface area (Å²) in [5, 5.41) is 60.2. The number of H-pyrrole nitrogens is 2. The first-order valence-electron chi connectivity index (χ1n) is 46.0. The van der Waals surface area contributed by atoms with E-state index < -0.39 is 183 Å². The van der Waals surface area contributed by atoms with Gasteiger partial charge in [-0.1, -0.05) is 30.3 Å². The highest BCUT2D eigenvalue weighted by molar-refractivity contribution is 7.90. The molecule has 9 aromatic rings. The number of aromatic nitrogens is 8. The number of anilines is 2. The number of nitrogens with zero attached hydrogens (tertiary/aromatic N) is 6. The van der Waals surface area contributed by atoms with Crippen molar-refractivity contribution in [3.63, 3.8) is 0 Å². The lowest BCUT2D eigenvalue weighted by Gasteiger charge is -2.26. The van der Waals surface area contributed by atoms with Crippen molar-refractivity contribution in [1.82, 2.24) is 96.8 Å². The Morgan fingerprint density at radius 2 is 0.943 bits per heavy atom. The molecular formula is C94H123N21O24S2. The maximum absolute atomic E-state index is 14.8. The van der Waals surface area contributed by atoms with Crippen molar-refractivity contribution in [2.75, 3.05) is 76.2 Å². The van der Waals surface area contributed by atoms with Gasteiger partial charge in [0, 0.05) is 144 Å². The predicted octanol–water partition coefficient (Wildman–Crippen LogP) is 5.16. The summed E-state index contributed by atoms with van der Waals surface area (Å²) in [6.07, 6.45) is 8.14. The maximum Gasteiger partial charge on any atom is 0.408 e. The van der Waals surface area contributed by atoms with Crippen molar-refractivity contribution in [2.24, 2.45) is 5.92 Å². The third kappa shape index (κ3) is 33.6. The lowest BCUT2D eigenvalue weighted by atomic mass is 10.0. The number of fused-ring (bicyclic) bond motifs is 2. The number of nitrogens with one attached hydrogen (secondary N) is 15. The van der Waals surface area contributed by atoms with Crippen LogP contribution in [0.3, 0.4) is 0 Å². The molecule has 47 heteroatoms. The third-order valence-corrected chi connectivity index (χ3v) is 25.6. The highest BCUT2D eigenvalue weighted by atomic mass is 32.2. The molecule has 0 saturated heterocycles. The van der Waals surface area contributed by atoms with Gasteiger partial charge in [-0.3, -0.25) is 66.9 Å². The van der Waals surface area contributed by atoms with E-state index in [9.17, 15) is 89.4 Å². The number of aliphatic carboxylic acids is 2. The Kier molecular flexibility index (Phi) is 38.7. The molecule has 0 radical (unpaired) electrons. The van der Waals surface area contributed by atoms with Gasteiger partial charge in [-0.05, 0) is 203 Å². The fourth-order valence-corrected chi connectivity index (χ4v) is 18.6. The minimum Gasteiger partial charge on any atom is -0.494 e. The highest BCUT2D eigenvalue weighted by Crippen LogP contribution is 2.47. The standard InChI is InChI=1S/C94H123N21O24S2/c1-57-44-67(45-58(2)80(57)140(131,132)112-71(86(125)126)54-105-82(121)62-22-26-73-64(48-62)52-107-114(73)40-16-30-99-89-101-36-37-102-89)135-42-14-20-75(116)95-32-33-97-77(118)28-24-69(109-85(124)70(25-29-78(119)138-92(5,6)7)110-88(129)94(51-66(94)50-79(120)139-93(8,9)10)111-91(130)137-56-61-18-12-11-13-19-61)84(123)98-35-34-96-76(117)21-15-43-136-68-46-59(3)81(60(4)47-68)141(133,134)113-72(87(127)128)55-106-83(122)63-23-27-74-65(49-63)53-108-115(74)41-17-31-100-90-103-38-39-104-90/h11-13,18-19,22-23,26-27,36-39,44-49,52-53,66,69-72,112-113H,14-17,20-21,24-25,28-35,40-43,50-51,54-56H2,1-10H3,(H,95,116)(H,96,117)(H,97,118)(H,98,123)(H,105,121)(H,106,122)(H,109,124)(H,110,129)(H,111,130)(H,125,126)(H,127,128)(H2,99,101,102)(H2,100,103,104)/t66?,69?,70-,71-,72?,94?/m0/s1. The molecule has 760 valence electrons. The van der Waals surface area contributed by atoms with E-state index in [1.165, 1.54) is 52.0 Å². The van der Waals surface area contributed by atoms with E-state index in [-0.39, 0.29) is 139 Å². The number of benzene rings is 5. The van der Waals surface area contributed by atoms with Gasteiger partial charge in [0.25, 0.3) is 11.8 Å². The second-order valence-electron chi connectivity index (χ2n) is 35.8. The Bertz CT molecular complexity index is 6120. The van der Waals surface area contributed by atoms with E-state index in [4.69, 9.17) is 23.7 Å². The fourth-order valence-electron chi connectivity index (χ4n) is 15.3. The lowest BCUT2D eigenvalue weighted by Crippen LogP contribution is -2.58. The Morgan fingerprint density at radius 1 is 0.504 bits per heavy atom. The highest BCUT2D eigenvalue weighted by Gasteiger charge is 2.63. The number of carbonyl (C=O) groups is 13. The van der Waals surface area contributed by atoms with Crippen LogP contribution >= 0.6 is 0 Å². The fraction of sp³-hybridized carbons (Fsp3) is 0.457. The molecule has 0 bridgehead atoms. The summed E-state index contributed by atoms with van der Waals surface area (Å²) >= 11 is 0. The second kappa shape index (κ2) is 50.3. The first kappa shape index (κ1) is 108. The van der Waals surface area contributed by atoms with Crippen LogP contribution in [0, 0.1) is 33.6 Å². The van der Waals surface area contributed by atoms with Crippen LogP contribution in [0.2, 0.25) is 0 Å². The Balaban J connectivity index is 0.705. The summed E-state index contributed by atoms with van der Waals surface area (Å²) in [5.41, 5.74) is -0.505. The zero-order chi connectivity index (χ0) is 102. The molecule has 1 fully saturated rings. The molecule has 4 unspecified atom stereocenters. The van der Waals surface area contributed by atoms with Crippen molar-refractivity contribution in [3.8, 4) is 11.5 Å². The number of carboxylic acid groups (broad SMARTS) is 2. The normalized spacial score (nSPS) is 14.4. The molecular weight excluding hydrogens is 1870 g/mol. The van der Waals surface area contributed by atoms with Crippen LogP contribution in [-0.2, 0) is 102 Å². The molecule has 10 rings (SSSR count). The van der Waals surface area contributed by atoms with E-state index >= 15 is 0 Å². The Morgan fingerprint density at radius 3 is 1.39 bits per heavy atom. The summed E-state index contributed by atoms with van der Waals surface area (Å²) in [7, 11) is -9.07. The largest absolute Gasteiger partial charge is 0.494 e. The summed E-state index contributed by atoms with van der Waals surface area (Å²) in [5.74, 6) is -9.48. The maximum atomic E-state index is 14.8. The number of carboxylic acids is 2. The molecule has 0 aliphatic heterocycles. The molecule has 9 amide bonds. The van der Waals surface area contributed by atoms with Gasteiger partial charge in [0.2, 0.25) is 55.5 Å². The molecule has 4 aromatic heterocycles. The zero-order valence-corrected chi connectivity index (χ0v) is 81.7. The minimum atomic E-state index is -4.54.